The molecule has 3 unspecified atom stereocenters. The van der Waals surface area contributed by atoms with Gasteiger partial charge in [0.1, 0.15) is 11.9 Å². The molecule has 2 fully saturated rings. The van der Waals surface area contributed by atoms with Crippen LogP contribution >= 0.6 is 0 Å². The molecule has 31 heavy (non-hydrogen) atoms. The molecule has 0 spiro atoms. The lowest BCUT2D eigenvalue weighted by atomic mass is 9.84. The lowest BCUT2D eigenvalue weighted by Crippen LogP contribution is -2.68. The number of nitrogens with zero attached hydrogens (tertiary/aromatic N) is 1. The van der Waals surface area contributed by atoms with Crippen molar-refractivity contribution in [1.82, 2.24) is 10.2 Å². The zero-order chi connectivity index (χ0) is 22.0. The average Bonchev–Trinajstić information content (AvgIpc) is 2.76. The maximum Gasteiger partial charge on any atom is 0.254 e. The third-order valence-corrected chi connectivity index (χ3v) is 6.09. The molecule has 162 valence electrons. The smallest absolute Gasteiger partial charge is 0.254 e. The Balaban J connectivity index is 1.58. The quantitative estimate of drug-likeness (QED) is 0.791. The Morgan fingerprint density at radius 3 is 2.45 bits per heavy atom. The van der Waals surface area contributed by atoms with Crippen LogP contribution in [0.15, 0.2) is 48.5 Å². The molecule has 2 N–H and O–H groups in total. The maximum atomic E-state index is 13.4. The third-order valence-electron chi connectivity index (χ3n) is 6.09. The number of anilines is 1. The van der Waals surface area contributed by atoms with Gasteiger partial charge in [0.2, 0.25) is 11.8 Å². The Kier molecular flexibility index (Phi) is 6.02. The fourth-order valence-corrected chi connectivity index (χ4v) is 4.50. The highest BCUT2D eigenvalue weighted by atomic mass is 19.1. The topological polar surface area (TPSA) is 78.5 Å². The molecule has 7 heteroatoms. The first-order valence-corrected chi connectivity index (χ1v) is 10.7. The lowest BCUT2D eigenvalue weighted by Gasteiger charge is -2.48. The predicted molar refractivity (Wildman–Crippen MR) is 115 cm³/mol. The van der Waals surface area contributed by atoms with Crippen molar-refractivity contribution in [2.75, 3.05) is 5.32 Å². The molecule has 4 rings (SSSR count). The van der Waals surface area contributed by atoms with E-state index in [-0.39, 0.29) is 36.2 Å². The number of rotatable bonds is 4. The molecule has 1 saturated heterocycles. The number of hydrogen-bond acceptors (Lipinski definition) is 3. The van der Waals surface area contributed by atoms with E-state index in [1.54, 1.807) is 17.0 Å². The molecule has 2 aromatic rings. The molecule has 0 aromatic heterocycles. The van der Waals surface area contributed by atoms with E-state index >= 15 is 0 Å². The van der Waals surface area contributed by atoms with Crippen LogP contribution in [0.1, 0.15) is 48.0 Å². The van der Waals surface area contributed by atoms with Crippen LogP contribution in [0, 0.1) is 12.7 Å². The largest absolute Gasteiger partial charge is 0.349 e. The molecule has 0 bridgehead atoms. The summed E-state index contributed by atoms with van der Waals surface area (Å²) in [5.74, 6) is -1.44. The third kappa shape index (κ3) is 4.60. The number of carbonyl (C=O) groups excluding carboxylic acids is 3. The molecular formula is C24H26FN3O3. The summed E-state index contributed by atoms with van der Waals surface area (Å²) < 4.78 is 13.4. The average molecular weight is 423 g/mol. The standard InChI is InChI=1S/C24H26FN3O3/c1-15-6-12-18(13-7-15)26-22(29)14-21-23(30)27-19-4-2-3-5-20(19)28(21)24(31)16-8-10-17(25)11-9-16/h6-13,19-21H,2-5,14H2,1H3,(H,26,29)(H,27,30). The van der Waals surface area contributed by atoms with Gasteiger partial charge in [0.25, 0.3) is 5.91 Å². The molecule has 2 aromatic carbocycles. The van der Waals surface area contributed by atoms with Gasteiger partial charge in [-0.1, -0.05) is 30.5 Å². The highest BCUT2D eigenvalue weighted by Gasteiger charge is 2.46. The van der Waals surface area contributed by atoms with Gasteiger partial charge in [0, 0.05) is 17.3 Å². The minimum Gasteiger partial charge on any atom is -0.349 e. The van der Waals surface area contributed by atoms with Crippen molar-refractivity contribution in [3.63, 3.8) is 0 Å². The van der Waals surface area contributed by atoms with Crippen LogP contribution in [0.5, 0.6) is 0 Å². The normalized spacial score (nSPS) is 23.0. The predicted octanol–water partition coefficient (Wildman–Crippen LogP) is 3.41. The van der Waals surface area contributed by atoms with Gasteiger partial charge >= 0.3 is 0 Å². The minimum absolute atomic E-state index is 0.123. The van der Waals surface area contributed by atoms with Crippen molar-refractivity contribution in [2.45, 2.75) is 57.2 Å². The number of fused-ring (bicyclic) bond motifs is 1. The molecule has 6 nitrogen and oxygen atoms in total. The van der Waals surface area contributed by atoms with Crippen LogP contribution in [-0.2, 0) is 9.59 Å². The van der Waals surface area contributed by atoms with Gasteiger partial charge < -0.3 is 15.5 Å². The van der Waals surface area contributed by atoms with Crippen molar-refractivity contribution in [3.8, 4) is 0 Å². The highest BCUT2D eigenvalue weighted by molar-refractivity contribution is 6.01. The number of halogens is 1. The number of benzene rings is 2. The monoisotopic (exact) mass is 423 g/mol. The van der Waals surface area contributed by atoms with E-state index in [1.807, 2.05) is 19.1 Å². The molecule has 1 saturated carbocycles. The first-order valence-electron chi connectivity index (χ1n) is 10.7. The highest BCUT2D eigenvalue weighted by Crippen LogP contribution is 2.31. The van der Waals surface area contributed by atoms with E-state index in [2.05, 4.69) is 10.6 Å². The molecule has 3 amide bonds. The fraction of sp³-hybridized carbons (Fsp3) is 0.375. The molecule has 0 radical (unpaired) electrons. The van der Waals surface area contributed by atoms with Crippen LogP contribution in [-0.4, -0.2) is 40.7 Å². The number of nitrogens with one attached hydrogen (secondary N) is 2. The summed E-state index contributed by atoms with van der Waals surface area (Å²) in [6, 6.07) is 11.5. The van der Waals surface area contributed by atoms with Crippen LogP contribution in [0.3, 0.4) is 0 Å². The van der Waals surface area contributed by atoms with Gasteiger partial charge in [0.15, 0.2) is 0 Å². The summed E-state index contributed by atoms with van der Waals surface area (Å²) in [7, 11) is 0. The van der Waals surface area contributed by atoms with E-state index in [4.69, 9.17) is 0 Å². The summed E-state index contributed by atoms with van der Waals surface area (Å²) in [6.07, 6.45) is 3.35. The van der Waals surface area contributed by atoms with Crippen molar-refractivity contribution >= 4 is 23.4 Å². The molecule has 2 aliphatic rings. The van der Waals surface area contributed by atoms with E-state index < -0.39 is 11.9 Å². The van der Waals surface area contributed by atoms with Gasteiger partial charge in [-0.25, -0.2) is 4.39 Å². The van der Waals surface area contributed by atoms with Crippen LogP contribution < -0.4 is 10.6 Å². The van der Waals surface area contributed by atoms with Crippen LogP contribution in [0.2, 0.25) is 0 Å². The maximum absolute atomic E-state index is 13.4. The van der Waals surface area contributed by atoms with E-state index in [9.17, 15) is 18.8 Å². The van der Waals surface area contributed by atoms with Crippen molar-refractivity contribution in [3.05, 3.63) is 65.5 Å². The van der Waals surface area contributed by atoms with Crippen molar-refractivity contribution in [2.24, 2.45) is 0 Å². The Hall–Kier alpha value is -3.22. The fourth-order valence-electron chi connectivity index (χ4n) is 4.50. The number of piperazine rings is 1. The summed E-state index contributed by atoms with van der Waals surface area (Å²) in [6.45, 7) is 1.96. The SMILES string of the molecule is Cc1ccc(NC(=O)CC2C(=O)NC3CCCCC3N2C(=O)c2ccc(F)cc2)cc1. The molecule has 1 heterocycles. The lowest BCUT2D eigenvalue weighted by molar-refractivity contribution is -0.135. The first-order chi connectivity index (χ1) is 14.9. The van der Waals surface area contributed by atoms with Crippen LogP contribution in [0.25, 0.3) is 0 Å². The minimum atomic E-state index is -0.914. The van der Waals surface area contributed by atoms with Crippen molar-refractivity contribution < 1.29 is 18.8 Å². The van der Waals surface area contributed by atoms with E-state index in [1.165, 1.54) is 24.3 Å². The number of aryl methyl sites for hydroxylation is 1. The van der Waals surface area contributed by atoms with Crippen LogP contribution in [0.4, 0.5) is 10.1 Å². The van der Waals surface area contributed by atoms with E-state index in [0.29, 0.717) is 11.3 Å². The summed E-state index contributed by atoms with van der Waals surface area (Å²) in [5, 5.41) is 5.83. The Bertz CT molecular complexity index is 975. The number of carbonyl (C=O) groups is 3. The summed E-state index contributed by atoms with van der Waals surface area (Å²) in [5.41, 5.74) is 2.02. The Morgan fingerprint density at radius 2 is 1.74 bits per heavy atom. The second-order valence-electron chi connectivity index (χ2n) is 8.32. The first kappa shape index (κ1) is 21.0. The number of amides is 3. The molecular weight excluding hydrogens is 397 g/mol. The Morgan fingerprint density at radius 1 is 1.06 bits per heavy atom. The van der Waals surface area contributed by atoms with Gasteiger partial charge in [0.05, 0.1) is 12.5 Å². The summed E-state index contributed by atoms with van der Waals surface area (Å²) in [4.78, 5) is 40.6. The number of hydrogen-bond donors (Lipinski definition) is 2. The van der Waals surface area contributed by atoms with Gasteiger partial charge in [-0.15, -0.1) is 0 Å². The molecule has 3 atom stereocenters. The Labute approximate surface area is 180 Å². The van der Waals surface area contributed by atoms with Gasteiger partial charge in [-0.05, 0) is 56.2 Å². The molecule has 1 aliphatic carbocycles. The van der Waals surface area contributed by atoms with E-state index in [0.717, 1.165) is 31.2 Å². The zero-order valence-electron chi connectivity index (χ0n) is 17.4. The molecule has 1 aliphatic heterocycles. The second-order valence-corrected chi connectivity index (χ2v) is 8.32. The zero-order valence-corrected chi connectivity index (χ0v) is 17.4. The second kappa shape index (κ2) is 8.88. The van der Waals surface area contributed by atoms with Gasteiger partial charge in [-0.3, -0.25) is 14.4 Å². The van der Waals surface area contributed by atoms with Gasteiger partial charge in [-0.2, -0.15) is 0 Å². The summed E-state index contributed by atoms with van der Waals surface area (Å²) >= 11 is 0. The van der Waals surface area contributed by atoms with Crippen molar-refractivity contribution in [1.29, 1.82) is 0 Å².